The molecule has 35 heavy (non-hydrogen) atoms. The molecular weight excluding hydrogens is 473 g/mol. The Hall–Kier alpha value is -4.18. The number of fused-ring (bicyclic) bond motifs is 1. The number of hydrogen-bond donors (Lipinski definition) is 1. The Kier molecular flexibility index (Phi) is 6.83. The Morgan fingerprint density at radius 2 is 1.74 bits per heavy atom. The number of carbonyl (C=O) groups is 1. The third kappa shape index (κ3) is 5.02. The highest BCUT2D eigenvalue weighted by molar-refractivity contribution is 7.93. The van der Waals surface area contributed by atoms with Crippen molar-refractivity contribution in [2.45, 2.75) is 4.90 Å². The first-order chi connectivity index (χ1) is 16.8. The highest BCUT2D eigenvalue weighted by atomic mass is 32.2. The number of sulfonamides is 1. The highest BCUT2D eigenvalue weighted by Crippen LogP contribution is 2.31. The van der Waals surface area contributed by atoms with Crippen molar-refractivity contribution in [3.63, 3.8) is 0 Å². The number of ether oxygens (including phenoxy) is 2. The number of nitrogens with zero attached hydrogens (tertiary/aromatic N) is 2. The van der Waals surface area contributed by atoms with Gasteiger partial charge >= 0.3 is 0 Å². The lowest BCUT2D eigenvalue weighted by atomic mass is 10.2. The van der Waals surface area contributed by atoms with E-state index in [2.05, 4.69) is 10.3 Å². The predicted octanol–water partition coefficient (Wildman–Crippen LogP) is 4.23. The molecule has 0 spiro atoms. The normalized spacial score (nSPS) is 11.2. The first-order valence-corrected chi connectivity index (χ1v) is 11.9. The molecule has 0 unspecified atom stereocenters. The average Bonchev–Trinajstić information content (AvgIpc) is 2.87. The number of rotatable bonds is 8. The van der Waals surface area contributed by atoms with Crippen LogP contribution in [0, 0.1) is 5.82 Å². The number of hydrogen-bond acceptors (Lipinski definition) is 6. The Morgan fingerprint density at radius 1 is 1.00 bits per heavy atom. The van der Waals surface area contributed by atoms with Gasteiger partial charge in [-0.15, -0.1) is 0 Å². The van der Waals surface area contributed by atoms with Crippen LogP contribution >= 0.6 is 0 Å². The van der Waals surface area contributed by atoms with Crippen molar-refractivity contribution >= 4 is 38.1 Å². The van der Waals surface area contributed by atoms with Crippen LogP contribution in [0.15, 0.2) is 84.0 Å². The summed E-state index contributed by atoms with van der Waals surface area (Å²) in [5.74, 6) is -0.256. The monoisotopic (exact) mass is 495 g/mol. The topological polar surface area (TPSA) is 97.8 Å². The summed E-state index contributed by atoms with van der Waals surface area (Å²) in [7, 11) is -1.27. The van der Waals surface area contributed by atoms with Gasteiger partial charge in [0.05, 0.1) is 24.8 Å². The number of pyridine rings is 1. The van der Waals surface area contributed by atoms with Crippen molar-refractivity contribution in [2.24, 2.45) is 0 Å². The van der Waals surface area contributed by atoms with Crippen LogP contribution in [0.2, 0.25) is 0 Å². The molecule has 0 aliphatic heterocycles. The van der Waals surface area contributed by atoms with Crippen LogP contribution in [0.1, 0.15) is 0 Å². The van der Waals surface area contributed by atoms with Crippen LogP contribution in [0.3, 0.4) is 0 Å². The van der Waals surface area contributed by atoms with Crippen molar-refractivity contribution in [1.82, 2.24) is 4.98 Å². The van der Waals surface area contributed by atoms with E-state index in [0.717, 1.165) is 16.4 Å². The largest absolute Gasteiger partial charge is 0.493 e. The van der Waals surface area contributed by atoms with E-state index in [1.165, 1.54) is 38.6 Å². The number of benzene rings is 3. The van der Waals surface area contributed by atoms with Crippen molar-refractivity contribution in [1.29, 1.82) is 0 Å². The minimum absolute atomic E-state index is 0.000594. The second-order valence-corrected chi connectivity index (χ2v) is 9.29. The van der Waals surface area contributed by atoms with Crippen LogP contribution in [0.5, 0.6) is 11.5 Å². The fourth-order valence-corrected chi connectivity index (χ4v) is 5.24. The van der Waals surface area contributed by atoms with E-state index in [-0.39, 0.29) is 10.6 Å². The Bertz CT molecular complexity index is 1470. The summed E-state index contributed by atoms with van der Waals surface area (Å²) in [6, 6.07) is 16.1. The maximum absolute atomic E-state index is 13.8. The van der Waals surface area contributed by atoms with Crippen LogP contribution < -0.4 is 19.1 Å². The third-order valence-corrected chi connectivity index (χ3v) is 7.11. The molecule has 0 aliphatic rings. The summed E-state index contributed by atoms with van der Waals surface area (Å²) in [4.78, 5) is 17.0. The fraction of sp³-hybridized carbons (Fsp3) is 0.120. The molecule has 180 valence electrons. The molecule has 4 rings (SSSR count). The molecule has 0 radical (unpaired) electrons. The molecule has 0 fully saturated rings. The van der Waals surface area contributed by atoms with Crippen molar-refractivity contribution < 1.29 is 27.1 Å². The molecule has 0 bridgehead atoms. The lowest BCUT2D eigenvalue weighted by Crippen LogP contribution is -2.38. The number of aromatic nitrogens is 1. The van der Waals surface area contributed by atoms with Gasteiger partial charge in [-0.1, -0.05) is 12.1 Å². The molecule has 1 aromatic heterocycles. The van der Waals surface area contributed by atoms with Gasteiger partial charge in [0.1, 0.15) is 12.4 Å². The number of carbonyl (C=O) groups excluding carboxylic acids is 1. The molecule has 1 N–H and O–H groups in total. The predicted molar refractivity (Wildman–Crippen MR) is 131 cm³/mol. The standard InChI is InChI=1S/C25H22FN3O5S/c1-33-22-11-8-19(14-23(22)34-2)28-25(30)16-29(20-9-6-18(26)7-10-20)35(31,32)24-5-3-4-17-15-27-13-12-21(17)24/h3-15H,16H2,1-2H3,(H,28,30). The van der Waals surface area contributed by atoms with Gasteiger partial charge in [-0.25, -0.2) is 12.8 Å². The van der Waals surface area contributed by atoms with Gasteiger partial charge in [0, 0.05) is 34.9 Å². The molecule has 0 aliphatic carbocycles. The molecule has 0 saturated carbocycles. The number of nitrogens with one attached hydrogen (secondary N) is 1. The molecule has 4 aromatic rings. The average molecular weight is 496 g/mol. The smallest absolute Gasteiger partial charge is 0.265 e. The molecule has 10 heteroatoms. The van der Waals surface area contributed by atoms with Gasteiger partial charge in [0.15, 0.2) is 11.5 Å². The molecule has 1 heterocycles. The molecule has 3 aromatic carbocycles. The fourth-order valence-electron chi connectivity index (χ4n) is 3.60. The van der Waals surface area contributed by atoms with E-state index in [4.69, 9.17) is 9.47 Å². The zero-order valence-corrected chi connectivity index (χ0v) is 19.8. The van der Waals surface area contributed by atoms with Gasteiger partial charge in [0.2, 0.25) is 5.91 Å². The van der Waals surface area contributed by atoms with E-state index >= 15 is 0 Å². The summed E-state index contributed by atoms with van der Waals surface area (Å²) >= 11 is 0. The number of amides is 1. The van der Waals surface area contributed by atoms with Crippen molar-refractivity contribution in [3.8, 4) is 11.5 Å². The van der Waals surface area contributed by atoms with Crippen molar-refractivity contribution in [2.75, 3.05) is 30.4 Å². The molecule has 8 nitrogen and oxygen atoms in total. The zero-order valence-electron chi connectivity index (χ0n) is 18.9. The van der Waals surface area contributed by atoms with Gasteiger partial charge in [-0.2, -0.15) is 0 Å². The lowest BCUT2D eigenvalue weighted by molar-refractivity contribution is -0.114. The summed E-state index contributed by atoms with van der Waals surface area (Å²) in [5.41, 5.74) is 0.528. The van der Waals surface area contributed by atoms with E-state index < -0.39 is 28.3 Å². The van der Waals surface area contributed by atoms with Crippen molar-refractivity contribution in [3.05, 3.63) is 84.9 Å². The Balaban J connectivity index is 1.71. The second kappa shape index (κ2) is 9.98. The van der Waals surface area contributed by atoms with Gasteiger partial charge < -0.3 is 14.8 Å². The summed E-state index contributed by atoms with van der Waals surface area (Å²) in [5, 5.41) is 3.76. The van der Waals surface area contributed by atoms with E-state index in [1.54, 1.807) is 42.6 Å². The molecule has 0 atom stereocenters. The van der Waals surface area contributed by atoms with Crippen LogP contribution in [0.4, 0.5) is 15.8 Å². The second-order valence-electron chi connectivity index (χ2n) is 7.46. The molecular formula is C25H22FN3O5S. The first kappa shape index (κ1) is 24.0. The molecule has 1 amide bonds. The minimum Gasteiger partial charge on any atom is -0.493 e. The zero-order chi connectivity index (χ0) is 25.0. The van der Waals surface area contributed by atoms with E-state index in [0.29, 0.717) is 28.0 Å². The maximum atomic E-state index is 13.8. The summed E-state index contributed by atoms with van der Waals surface area (Å²) < 4.78 is 52.6. The first-order valence-electron chi connectivity index (χ1n) is 10.5. The Labute approximate surface area is 202 Å². The third-order valence-electron chi connectivity index (χ3n) is 5.28. The SMILES string of the molecule is COc1ccc(NC(=O)CN(c2ccc(F)cc2)S(=O)(=O)c2cccc3cnccc23)cc1OC. The van der Waals surface area contributed by atoms with Crippen LogP contribution in [-0.4, -0.2) is 40.1 Å². The Morgan fingerprint density at radius 3 is 2.46 bits per heavy atom. The maximum Gasteiger partial charge on any atom is 0.265 e. The quantitative estimate of drug-likeness (QED) is 0.393. The van der Waals surface area contributed by atoms with E-state index in [1.807, 2.05) is 0 Å². The summed E-state index contributed by atoms with van der Waals surface area (Å²) in [6.45, 7) is -0.552. The van der Waals surface area contributed by atoms with E-state index in [9.17, 15) is 17.6 Å². The summed E-state index contributed by atoms with van der Waals surface area (Å²) in [6.07, 6.45) is 3.05. The minimum atomic E-state index is -4.23. The number of anilines is 2. The molecule has 0 saturated heterocycles. The highest BCUT2D eigenvalue weighted by Gasteiger charge is 2.29. The lowest BCUT2D eigenvalue weighted by Gasteiger charge is -2.25. The number of halogens is 1. The van der Waals surface area contributed by atoms with Gasteiger partial charge in [0.25, 0.3) is 10.0 Å². The van der Waals surface area contributed by atoms with Crippen LogP contribution in [-0.2, 0) is 14.8 Å². The van der Waals surface area contributed by atoms with Gasteiger partial charge in [-0.3, -0.25) is 14.1 Å². The van der Waals surface area contributed by atoms with Crippen LogP contribution in [0.25, 0.3) is 10.8 Å². The van der Waals surface area contributed by atoms with Gasteiger partial charge in [-0.05, 0) is 48.5 Å². The number of methoxy groups -OCH3 is 2.